The lowest BCUT2D eigenvalue weighted by Crippen LogP contribution is -2.55. The van der Waals surface area contributed by atoms with E-state index in [9.17, 15) is 27.9 Å². The van der Waals surface area contributed by atoms with E-state index in [1.54, 1.807) is 0 Å². The lowest BCUT2D eigenvalue weighted by atomic mass is 9.93. The molecule has 1 aromatic carbocycles. The summed E-state index contributed by atoms with van der Waals surface area (Å²) in [6, 6.07) is 4.25. The van der Waals surface area contributed by atoms with Crippen LogP contribution in [0.1, 0.15) is 25.6 Å². The van der Waals surface area contributed by atoms with Gasteiger partial charge in [0.05, 0.1) is 19.5 Å². The van der Waals surface area contributed by atoms with E-state index >= 15 is 4.39 Å². The summed E-state index contributed by atoms with van der Waals surface area (Å²) in [7, 11) is 0. The smallest absolute Gasteiger partial charge is 0.463 e. The zero-order valence-electron chi connectivity index (χ0n) is 22.4. The number of esters is 2. The molecule has 1 unspecified atom stereocenters. The van der Waals surface area contributed by atoms with Gasteiger partial charge in [-0.1, -0.05) is 12.1 Å². The number of ether oxygens (including phenoxy) is 5. The third-order valence-corrected chi connectivity index (χ3v) is 7.07. The number of hydrogen-bond acceptors (Lipinski definition) is 12. The summed E-state index contributed by atoms with van der Waals surface area (Å²) in [5.74, 6) is -3.08. The minimum atomic E-state index is -4.95. The molecule has 2 aromatic heterocycles. The molecule has 0 amide bonds. The normalized spacial score (nSPS) is 24.9. The number of benzene rings is 1. The molecule has 43 heavy (non-hydrogen) atoms. The van der Waals surface area contributed by atoms with Crippen LogP contribution in [0.25, 0.3) is 11.2 Å². The predicted molar refractivity (Wildman–Crippen MR) is 136 cm³/mol. The molecule has 2 aliphatic rings. The van der Waals surface area contributed by atoms with Gasteiger partial charge in [0.2, 0.25) is 5.28 Å². The number of hydrogen-bond donors (Lipinski definition) is 2. The molecule has 3 aromatic rings. The molecule has 1 saturated heterocycles. The zero-order chi connectivity index (χ0) is 31.3. The SMILES string of the molecule is CCOC(=O)C(Cc1ccc(OC(F)(F)F)cc1)(OC1[C@H]2O[C@@H](n3cnc4c(N)nc(Cl)nc43)[C@@H](F)[C@@]12O)C(=O)OCC. The van der Waals surface area contributed by atoms with Crippen molar-refractivity contribution in [2.45, 2.75) is 62.4 Å². The standard InChI is InChI=1S/C25H24ClF4N5O8/c1-3-39-20(36)23(21(37)40-4-2,9-11-5-7-12(8-6-11)42-25(28,29)30)43-16-15-24(16,38)14(27)19(41-15)35-10-32-13-17(31)33-22(26)34-18(13)35/h5-8,10,14-16,19,38H,3-4,9H2,1-2H3,(H2,31,33,34)/t14-,15-,16?,19-,24+/m1/s1. The molecular weight excluding hydrogens is 610 g/mol. The van der Waals surface area contributed by atoms with Crippen LogP contribution in [0.4, 0.5) is 23.4 Å². The second-order valence-corrected chi connectivity index (χ2v) is 9.95. The average molecular weight is 634 g/mol. The van der Waals surface area contributed by atoms with E-state index in [1.165, 1.54) is 20.2 Å². The molecule has 0 radical (unpaired) electrons. The third kappa shape index (κ3) is 5.41. The fourth-order valence-electron chi connectivity index (χ4n) is 4.91. The van der Waals surface area contributed by atoms with Gasteiger partial charge in [-0.15, -0.1) is 13.2 Å². The van der Waals surface area contributed by atoms with Crippen LogP contribution in [0.3, 0.4) is 0 Å². The van der Waals surface area contributed by atoms with Gasteiger partial charge in [-0.2, -0.15) is 9.97 Å². The Kier molecular flexibility index (Phi) is 7.87. The monoisotopic (exact) mass is 633 g/mol. The second-order valence-electron chi connectivity index (χ2n) is 9.61. The molecule has 1 aliphatic heterocycles. The fraction of sp³-hybridized carbons (Fsp3) is 0.480. The van der Waals surface area contributed by atoms with E-state index < -0.39 is 66.3 Å². The summed E-state index contributed by atoms with van der Waals surface area (Å²) in [5.41, 5.74) is 1.12. The average Bonchev–Trinajstić information content (AvgIpc) is 3.17. The van der Waals surface area contributed by atoms with Gasteiger partial charge in [0.25, 0.3) is 5.60 Å². The topological polar surface area (TPSA) is 170 Å². The van der Waals surface area contributed by atoms with Crippen LogP contribution in [0.15, 0.2) is 30.6 Å². The molecule has 3 N–H and O–H groups in total. The predicted octanol–water partition coefficient (Wildman–Crippen LogP) is 2.43. The summed E-state index contributed by atoms with van der Waals surface area (Å²) in [5, 5.41) is 11.0. The van der Waals surface area contributed by atoms with Crippen molar-refractivity contribution in [3.63, 3.8) is 0 Å². The first kappa shape index (κ1) is 30.7. The van der Waals surface area contributed by atoms with E-state index in [0.29, 0.717) is 0 Å². The summed E-state index contributed by atoms with van der Waals surface area (Å²) < 4.78 is 80.5. The number of carbonyl (C=O) groups is 2. The number of nitrogen functional groups attached to an aromatic ring is 1. The highest BCUT2D eigenvalue weighted by molar-refractivity contribution is 6.28. The van der Waals surface area contributed by atoms with Crippen LogP contribution in [0, 0.1) is 0 Å². The Balaban J connectivity index is 1.44. The van der Waals surface area contributed by atoms with Crippen molar-refractivity contribution in [3.8, 4) is 5.75 Å². The Morgan fingerprint density at radius 3 is 2.30 bits per heavy atom. The maximum absolute atomic E-state index is 15.9. The quantitative estimate of drug-likeness (QED) is 0.145. The van der Waals surface area contributed by atoms with Gasteiger partial charge >= 0.3 is 18.3 Å². The molecule has 18 heteroatoms. The minimum absolute atomic E-state index is 0.0258. The molecule has 0 bridgehead atoms. The van der Waals surface area contributed by atoms with Gasteiger partial charge in [0, 0.05) is 6.42 Å². The summed E-state index contributed by atoms with van der Waals surface area (Å²) in [6.45, 7) is 2.51. The van der Waals surface area contributed by atoms with E-state index in [0.717, 1.165) is 28.8 Å². The highest BCUT2D eigenvalue weighted by Gasteiger charge is 2.80. The van der Waals surface area contributed by atoms with Crippen molar-refractivity contribution < 1.29 is 55.9 Å². The molecule has 2 fully saturated rings. The van der Waals surface area contributed by atoms with Crippen molar-refractivity contribution in [2.24, 2.45) is 0 Å². The van der Waals surface area contributed by atoms with Crippen molar-refractivity contribution in [1.29, 1.82) is 0 Å². The maximum atomic E-state index is 15.9. The highest BCUT2D eigenvalue weighted by Crippen LogP contribution is 2.58. The number of halogens is 5. The molecule has 0 spiro atoms. The van der Waals surface area contributed by atoms with Crippen LogP contribution in [0.2, 0.25) is 5.28 Å². The van der Waals surface area contributed by atoms with E-state index in [4.69, 9.17) is 36.3 Å². The highest BCUT2D eigenvalue weighted by atomic mass is 35.5. The van der Waals surface area contributed by atoms with Gasteiger partial charge in [-0.3, -0.25) is 4.57 Å². The molecule has 232 valence electrons. The minimum Gasteiger partial charge on any atom is -0.463 e. The van der Waals surface area contributed by atoms with E-state index in [2.05, 4.69) is 19.7 Å². The Bertz CT molecular complexity index is 1520. The number of carbonyl (C=O) groups excluding carboxylic acids is 2. The summed E-state index contributed by atoms with van der Waals surface area (Å²) >= 11 is 5.88. The number of aromatic nitrogens is 4. The largest absolute Gasteiger partial charge is 0.573 e. The number of fused-ring (bicyclic) bond motifs is 2. The first-order valence-corrected chi connectivity index (χ1v) is 13.2. The van der Waals surface area contributed by atoms with Crippen LogP contribution in [-0.2, 0) is 35.0 Å². The molecule has 5 rings (SSSR count). The molecule has 3 heterocycles. The van der Waals surface area contributed by atoms with Crippen LogP contribution >= 0.6 is 11.6 Å². The number of aliphatic hydroxyl groups is 1. The van der Waals surface area contributed by atoms with Crippen molar-refractivity contribution >= 4 is 40.5 Å². The molecule has 5 atom stereocenters. The Labute approximate surface area is 244 Å². The van der Waals surface area contributed by atoms with Crippen LogP contribution in [-0.4, -0.2) is 85.7 Å². The number of imidazole rings is 1. The summed E-state index contributed by atoms with van der Waals surface area (Å²) in [4.78, 5) is 38.4. The second kappa shape index (κ2) is 11.0. The molecule has 1 aliphatic carbocycles. The first-order chi connectivity index (χ1) is 20.2. The fourth-order valence-corrected chi connectivity index (χ4v) is 5.08. The van der Waals surface area contributed by atoms with Crippen molar-refractivity contribution in [2.75, 3.05) is 18.9 Å². The maximum Gasteiger partial charge on any atom is 0.573 e. The van der Waals surface area contributed by atoms with E-state index in [-0.39, 0.29) is 41.0 Å². The van der Waals surface area contributed by atoms with Gasteiger partial charge in [0.1, 0.15) is 23.5 Å². The number of alkyl halides is 4. The van der Waals surface area contributed by atoms with Crippen LogP contribution < -0.4 is 10.5 Å². The lowest BCUT2D eigenvalue weighted by Gasteiger charge is -2.31. The Morgan fingerprint density at radius 1 is 1.14 bits per heavy atom. The van der Waals surface area contributed by atoms with Crippen LogP contribution in [0.5, 0.6) is 5.75 Å². The first-order valence-electron chi connectivity index (χ1n) is 12.8. The number of nitrogens with zero attached hydrogens (tertiary/aromatic N) is 4. The Morgan fingerprint density at radius 2 is 1.77 bits per heavy atom. The van der Waals surface area contributed by atoms with Gasteiger partial charge in [-0.05, 0) is 43.1 Å². The Hall–Kier alpha value is -3.80. The number of nitrogens with two attached hydrogens (primary N) is 1. The lowest BCUT2D eigenvalue weighted by molar-refractivity contribution is -0.274. The van der Waals surface area contributed by atoms with Gasteiger partial charge in [0.15, 0.2) is 29.5 Å². The van der Waals surface area contributed by atoms with Crippen molar-refractivity contribution in [3.05, 3.63) is 41.4 Å². The van der Waals surface area contributed by atoms with Gasteiger partial charge in [-0.25, -0.2) is 19.0 Å². The third-order valence-electron chi connectivity index (χ3n) is 6.90. The molecule has 13 nitrogen and oxygen atoms in total. The van der Waals surface area contributed by atoms with Gasteiger partial charge < -0.3 is 34.5 Å². The molecular formula is C25H24ClF4N5O8. The number of rotatable bonds is 10. The molecule has 1 saturated carbocycles. The van der Waals surface area contributed by atoms with Crippen molar-refractivity contribution in [1.82, 2.24) is 19.5 Å². The number of anilines is 1. The van der Waals surface area contributed by atoms with E-state index in [1.807, 2.05) is 0 Å². The summed E-state index contributed by atoms with van der Waals surface area (Å²) in [6.07, 6.45) is -11.0. The zero-order valence-corrected chi connectivity index (χ0v) is 23.1.